The molecule has 1 aromatic heterocycles. The lowest BCUT2D eigenvalue weighted by Gasteiger charge is -2.35. The smallest absolute Gasteiger partial charge is 0.240 e. The Morgan fingerprint density at radius 2 is 2.12 bits per heavy atom. The zero-order chi connectivity index (χ0) is 16.8. The fourth-order valence-corrected chi connectivity index (χ4v) is 3.42. The Morgan fingerprint density at radius 3 is 2.92 bits per heavy atom. The molecule has 1 aromatic rings. The maximum absolute atomic E-state index is 12.7. The van der Waals surface area contributed by atoms with Gasteiger partial charge in [0, 0.05) is 26.1 Å². The number of unbranched alkanes of at least 4 members (excludes halogenated alkanes) is 1. The molecule has 134 valence electrons. The summed E-state index contributed by atoms with van der Waals surface area (Å²) in [6, 6.07) is 0. The molecule has 2 aliphatic heterocycles. The molecule has 1 atom stereocenters. The number of piperidine rings is 1. The standard InChI is InChI=1S/C17H28N4O3/c1-2-3-6-15-18-16(24-19-15)13-20-7-4-5-14(12-20)17(22)21-8-10-23-11-9-21/h14H,2-13H2,1H3/t14-/m0/s1. The molecule has 7 nitrogen and oxygen atoms in total. The highest BCUT2D eigenvalue weighted by Crippen LogP contribution is 2.21. The van der Waals surface area contributed by atoms with Crippen LogP contribution in [-0.2, 0) is 22.5 Å². The van der Waals surface area contributed by atoms with Crippen molar-refractivity contribution in [3.05, 3.63) is 11.7 Å². The molecular formula is C17H28N4O3. The molecule has 0 radical (unpaired) electrons. The second-order valence-corrected chi connectivity index (χ2v) is 6.72. The summed E-state index contributed by atoms with van der Waals surface area (Å²) in [6.45, 7) is 7.32. The molecule has 1 amide bonds. The van der Waals surface area contributed by atoms with Crippen LogP contribution in [0.15, 0.2) is 4.52 Å². The summed E-state index contributed by atoms with van der Waals surface area (Å²) in [5.41, 5.74) is 0. The van der Waals surface area contributed by atoms with Crippen molar-refractivity contribution in [3.63, 3.8) is 0 Å². The molecule has 0 saturated carbocycles. The van der Waals surface area contributed by atoms with Crippen LogP contribution >= 0.6 is 0 Å². The summed E-state index contributed by atoms with van der Waals surface area (Å²) in [4.78, 5) is 21.4. The van der Waals surface area contributed by atoms with Gasteiger partial charge in [-0.2, -0.15) is 4.98 Å². The molecular weight excluding hydrogens is 308 g/mol. The number of likely N-dealkylation sites (tertiary alicyclic amines) is 1. The Kier molecular flexibility index (Phi) is 6.20. The molecule has 7 heteroatoms. The van der Waals surface area contributed by atoms with Gasteiger partial charge in [0.15, 0.2) is 5.82 Å². The number of nitrogens with zero attached hydrogens (tertiary/aromatic N) is 4. The molecule has 0 aromatic carbocycles. The van der Waals surface area contributed by atoms with E-state index in [-0.39, 0.29) is 11.8 Å². The summed E-state index contributed by atoms with van der Waals surface area (Å²) < 4.78 is 10.7. The van der Waals surface area contributed by atoms with Crippen LogP contribution in [0.1, 0.15) is 44.3 Å². The van der Waals surface area contributed by atoms with E-state index in [4.69, 9.17) is 9.26 Å². The van der Waals surface area contributed by atoms with Gasteiger partial charge in [-0.1, -0.05) is 18.5 Å². The monoisotopic (exact) mass is 336 g/mol. The molecule has 0 unspecified atom stereocenters. The summed E-state index contributed by atoms with van der Waals surface area (Å²) in [7, 11) is 0. The molecule has 24 heavy (non-hydrogen) atoms. The fraction of sp³-hybridized carbons (Fsp3) is 0.824. The van der Waals surface area contributed by atoms with Crippen LogP contribution in [0.5, 0.6) is 0 Å². The van der Waals surface area contributed by atoms with Crippen LogP contribution in [0.25, 0.3) is 0 Å². The van der Waals surface area contributed by atoms with E-state index in [1.807, 2.05) is 4.90 Å². The first-order chi connectivity index (χ1) is 11.8. The number of rotatable bonds is 6. The molecule has 2 saturated heterocycles. The van der Waals surface area contributed by atoms with Gasteiger partial charge >= 0.3 is 0 Å². The van der Waals surface area contributed by atoms with Gasteiger partial charge in [0.2, 0.25) is 11.8 Å². The number of amides is 1. The van der Waals surface area contributed by atoms with Gasteiger partial charge in [0.25, 0.3) is 0 Å². The lowest BCUT2D eigenvalue weighted by atomic mass is 9.96. The normalized spacial score (nSPS) is 22.7. The maximum atomic E-state index is 12.7. The highest BCUT2D eigenvalue weighted by Gasteiger charge is 2.30. The van der Waals surface area contributed by atoms with Crippen molar-refractivity contribution in [1.82, 2.24) is 19.9 Å². The third kappa shape index (κ3) is 4.54. The Balaban J connectivity index is 1.51. The summed E-state index contributed by atoms with van der Waals surface area (Å²) in [5, 5.41) is 4.04. The molecule has 0 N–H and O–H groups in total. The first-order valence-electron chi connectivity index (χ1n) is 9.16. The van der Waals surface area contributed by atoms with Crippen molar-refractivity contribution in [1.29, 1.82) is 0 Å². The third-order valence-electron chi connectivity index (χ3n) is 4.80. The molecule has 0 aliphatic carbocycles. The predicted octanol–water partition coefficient (Wildman–Crippen LogP) is 1.48. The van der Waals surface area contributed by atoms with Gasteiger partial charge < -0.3 is 14.2 Å². The lowest BCUT2D eigenvalue weighted by Crippen LogP contribution is -2.48. The first-order valence-corrected chi connectivity index (χ1v) is 9.16. The van der Waals surface area contributed by atoms with Crippen LogP contribution in [0.2, 0.25) is 0 Å². The summed E-state index contributed by atoms with van der Waals surface area (Å²) >= 11 is 0. The average Bonchev–Trinajstić information content (AvgIpc) is 3.07. The van der Waals surface area contributed by atoms with Crippen molar-refractivity contribution in [2.24, 2.45) is 5.92 Å². The zero-order valence-corrected chi connectivity index (χ0v) is 14.6. The molecule has 0 spiro atoms. The number of aromatic nitrogens is 2. The number of hydrogen-bond donors (Lipinski definition) is 0. The predicted molar refractivity (Wildman–Crippen MR) is 88.3 cm³/mol. The van der Waals surface area contributed by atoms with Gasteiger partial charge in [-0.15, -0.1) is 0 Å². The average molecular weight is 336 g/mol. The molecule has 0 bridgehead atoms. The molecule has 3 rings (SSSR count). The first kappa shape index (κ1) is 17.4. The van der Waals surface area contributed by atoms with E-state index >= 15 is 0 Å². The van der Waals surface area contributed by atoms with Crippen LogP contribution in [0, 0.1) is 5.92 Å². The number of hydrogen-bond acceptors (Lipinski definition) is 6. The molecule has 2 fully saturated rings. The van der Waals surface area contributed by atoms with Crippen molar-refractivity contribution >= 4 is 5.91 Å². The van der Waals surface area contributed by atoms with E-state index in [9.17, 15) is 4.79 Å². The highest BCUT2D eigenvalue weighted by molar-refractivity contribution is 5.79. The van der Waals surface area contributed by atoms with E-state index in [0.29, 0.717) is 25.6 Å². The van der Waals surface area contributed by atoms with E-state index < -0.39 is 0 Å². The number of ether oxygens (including phenoxy) is 1. The minimum atomic E-state index is 0.0827. The maximum Gasteiger partial charge on any atom is 0.240 e. The number of morpholine rings is 1. The van der Waals surface area contributed by atoms with Crippen LogP contribution in [-0.4, -0.2) is 65.2 Å². The minimum absolute atomic E-state index is 0.0827. The van der Waals surface area contributed by atoms with Crippen LogP contribution in [0.4, 0.5) is 0 Å². The Labute approximate surface area is 143 Å². The van der Waals surface area contributed by atoms with Crippen molar-refractivity contribution in [2.45, 2.75) is 45.6 Å². The largest absolute Gasteiger partial charge is 0.378 e. The van der Waals surface area contributed by atoms with Crippen LogP contribution < -0.4 is 0 Å². The van der Waals surface area contributed by atoms with Gasteiger partial charge in [-0.25, -0.2) is 0 Å². The van der Waals surface area contributed by atoms with Gasteiger partial charge in [-0.3, -0.25) is 9.69 Å². The third-order valence-corrected chi connectivity index (χ3v) is 4.80. The number of carbonyl (C=O) groups is 1. The van der Waals surface area contributed by atoms with Gasteiger partial charge in [0.1, 0.15) is 0 Å². The van der Waals surface area contributed by atoms with Gasteiger partial charge in [0.05, 0.1) is 25.7 Å². The Morgan fingerprint density at radius 1 is 1.29 bits per heavy atom. The zero-order valence-electron chi connectivity index (χ0n) is 14.6. The number of carbonyl (C=O) groups excluding carboxylic acids is 1. The minimum Gasteiger partial charge on any atom is -0.378 e. The lowest BCUT2D eigenvalue weighted by molar-refractivity contribution is -0.141. The Bertz CT molecular complexity index is 528. The van der Waals surface area contributed by atoms with Crippen molar-refractivity contribution < 1.29 is 14.1 Å². The second-order valence-electron chi connectivity index (χ2n) is 6.72. The fourth-order valence-electron chi connectivity index (χ4n) is 3.42. The summed E-state index contributed by atoms with van der Waals surface area (Å²) in [5.74, 6) is 1.82. The SMILES string of the molecule is CCCCc1noc(CN2CCC[C@H](C(=O)N3CCOCC3)C2)n1. The van der Waals surface area contributed by atoms with Gasteiger partial charge in [-0.05, 0) is 25.8 Å². The van der Waals surface area contributed by atoms with E-state index in [2.05, 4.69) is 22.0 Å². The molecule has 2 aliphatic rings. The molecule has 3 heterocycles. The van der Waals surface area contributed by atoms with Crippen LogP contribution in [0.3, 0.4) is 0 Å². The van der Waals surface area contributed by atoms with E-state index in [1.165, 1.54) is 0 Å². The Hall–Kier alpha value is -1.47. The topological polar surface area (TPSA) is 71.7 Å². The highest BCUT2D eigenvalue weighted by atomic mass is 16.5. The van der Waals surface area contributed by atoms with E-state index in [0.717, 1.165) is 64.1 Å². The van der Waals surface area contributed by atoms with Crippen molar-refractivity contribution in [2.75, 3.05) is 39.4 Å². The second kappa shape index (κ2) is 8.58. The number of aryl methyl sites for hydroxylation is 1. The van der Waals surface area contributed by atoms with Crippen molar-refractivity contribution in [3.8, 4) is 0 Å². The van der Waals surface area contributed by atoms with E-state index in [1.54, 1.807) is 0 Å². The quantitative estimate of drug-likeness (QED) is 0.784. The summed E-state index contributed by atoms with van der Waals surface area (Å²) in [6.07, 6.45) is 5.09.